The zero-order valence-electron chi connectivity index (χ0n) is 15.7. The van der Waals surface area contributed by atoms with Crippen molar-refractivity contribution >= 4 is 33.3 Å². The Morgan fingerprint density at radius 3 is 2.62 bits per heavy atom. The Balaban J connectivity index is 1.27. The van der Waals surface area contributed by atoms with Crippen LogP contribution < -0.4 is 5.32 Å². The van der Waals surface area contributed by atoms with Gasteiger partial charge in [-0.25, -0.2) is 4.98 Å². The number of hydrogen-bond acceptors (Lipinski definition) is 7. The lowest BCUT2D eigenvalue weighted by molar-refractivity contribution is 0.414. The highest BCUT2D eigenvalue weighted by Crippen LogP contribution is 2.38. The van der Waals surface area contributed by atoms with Crippen molar-refractivity contribution in [1.82, 2.24) is 30.7 Å². The first-order chi connectivity index (χ1) is 14.3. The molecule has 6 rings (SSSR count). The lowest BCUT2D eigenvalue weighted by Crippen LogP contribution is -2.39. The Hall–Kier alpha value is -2.29. The second kappa shape index (κ2) is 7.19. The first kappa shape index (κ1) is 17.6. The topological polar surface area (TPSA) is 79.4 Å². The van der Waals surface area contributed by atoms with Crippen LogP contribution in [0.15, 0.2) is 47.2 Å². The van der Waals surface area contributed by atoms with Crippen molar-refractivity contribution in [3.63, 3.8) is 0 Å². The van der Waals surface area contributed by atoms with Crippen molar-refractivity contribution < 1.29 is 0 Å². The van der Waals surface area contributed by atoms with Crippen LogP contribution in [0.3, 0.4) is 0 Å². The first-order valence-electron chi connectivity index (χ1n) is 9.95. The lowest BCUT2D eigenvalue weighted by atomic mass is 10.0. The molecule has 0 amide bonds. The highest BCUT2D eigenvalue weighted by atomic mass is 32.2. The number of nitrogens with zero attached hydrogens (tertiary/aromatic N) is 4. The second-order valence-electron chi connectivity index (χ2n) is 7.78. The maximum atomic E-state index is 4.59. The van der Waals surface area contributed by atoms with E-state index in [4.69, 9.17) is 0 Å². The molecule has 2 saturated heterocycles. The van der Waals surface area contributed by atoms with E-state index in [2.05, 4.69) is 55.0 Å². The van der Waals surface area contributed by atoms with Gasteiger partial charge in [0.1, 0.15) is 5.03 Å². The number of thiazole rings is 1. The number of aromatic nitrogens is 5. The quantitative estimate of drug-likeness (QED) is 0.505. The monoisotopic (exact) mass is 420 g/mol. The second-order valence-corrected chi connectivity index (χ2v) is 9.96. The van der Waals surface area contributed by atoms with Crippen LogP contribution in [0.25, 0.3) is 32.6 Å². The summed E-state index contributed by atoms with van der Waals surface area (Å²) < 4.78 is 1.13. The summed E-state index contributed by atoms with van der Waals surface area (Å²) in [6, 6.07) is 9.82. The highest BCUT2D eigenvalue weighted by Gasteiger charge is 2.34. The molecule has 3 atom stereocenters. The summed E-state index contributed by atoms with van der Waals surface area (Å²) in [7, 11) is 0. The highest BCUT2D eigenvalue weighted by molar-refractivity contribution is 7.99. The van der Waals surface area contributed by atoms with Gasteiger partial charge in [-0.3, -0.25) is 5.10 Å². The van der Waals surface area contributed by atoms with E-state index in [0.717, 1.165) is 37.6 Å². The minimum Gasteiger partial charge on any atom is -0.311 e. The average Bonchev–Trinajstić information content (AvgIpc) is 3.49. The van der Waals surface area contributed by atoms with Gasteiger partial charge in [0, 0.05) is 40.2 Å². The molecule has 4 aromatic rings. The summed E-state index contributed by atoms with van der Waals surface area (Å²) in [5.41, 5.74) is 6.98. The number of thioether (sulfide) groups is 1. The van der Waals surface area contributed by atoms with Crippen molar-refractivity contribution in [3.05, 3.63) is 42.2 Å². The Kier molecular flexibility index (Phi) is 4.36. The molecule has 1 aromatic carbocycles. The van der Waals surface area contributed by atoms with Crippen molar-refractivity contribution in [3.8, 4) is 22.4 Å². The molecule has 0 saturated carbocycles. The predicted octanol–water partition coefficient (Wildman–Crippen LogP) is 4.52. The molecule has 1 unspecified atom stereocenters. The Labute approximate surface area is 176 Å². The van der Waals surface area contributed by atoms with E-state index < -0.39 is 0 Å². The van der Waals surface area contributed by atoms with Crippen molar-refractivity contribution in [2.24, 2.45) is 0 Å². The van der Waals surface area contributed by atoms with Crippen LogP contribution >= 0.6 is 23.1 Å². The third-order valence-electron chi connectivity index (χ3n) is 5.93. The van der Waals surface area contributed by atoms with Gasteiger partial charge in [-0.2, -0.15) is 5.10 Å². The SMILES string of the molecule is c1nc2c(-c3cn[nH]c3)ccc(-c3ccc(SC4C[C@H]5CC[C@@H](C4)N5)nn3)c2s1. The first-order valence-corrected chi connectivity index (χ1v) is 11.7. The fourth-order valence-electron chi connectivity index (χ4n) is 4.58. The molecule has 146 valence electrons. The van der Waals surface area contributed by atoms with Crippen LogP contribution in [0.5, 0.6) is 0 Å². The molecule has 0 radical (unpaired) electrons. The smallest absolute Gasteiger partial charge is 0.119 e. The third-order valence-corrected chi connectivity index (χ3v) is 7.96. The molecular formula is C21H20N6S2. The summed E-state index contributed by atoms with van der Waals surface area (Å²) in [6.07, 6.45) is 8.85. The van der Waals surface area contributed by atoms with Crippen molar-refractivity contribution in [2.75, 3.05) is 0 Å². The molecule has 2 bridgehead atoms. The van der Waals surface area contributed by atoms with E-state index >= 15 is 0 Å². The fourth-order valence-corrected chi connectivity index (χ4v) is 6.65. The van der Waals surface area contributed by atoms with Gasteiger partial charge in [-0.05, 0) is 37.8 Å². The van der Waals surface area contributed by atoms with E-state index in [-0.39, 0.29) is 0 Å². The number of fused-ring (bicyclic) bond motifs is 3. The van der Waals surface area contributed by atoms with E-state index in [0.29, 0.717) is 17.3 Å². The number of H-pyrrole nitrogens is 1. The van der Waals surface area contributed by atoms with Gasteiger partial charge in [-0.15, -0.1) is 33.3 Å². The summed E-state index contributed by atoms with van der Waals surface area (Å²) in [5.74, 6) is 0. The summed E-state index contributed by atoms with van der Waals surface area (Å²) >= 11 is 3.53. The summed E-state index contributed by atoms with van der Waals surface area (Å²) in [6.45, 7) is 0. The standard InChI is InChI=1S/C21H20N6S2/c1-2-14-8-15(7-13(1)25-14)29-19-6-5-18(26-27-19)17-4-3-16(12-9-23-24-10-12)20-21(17)28-11-22-20/h3-6,9-11,13-15,25H,1-2,7-8H2,(H,23,24)/t13-,14+,15?. The van der Waals surface area contributed by atoms with Gasteiger partial charge in [0.05, 0.1) is 27.6 Å². The summed E-state index contributed by atoms with van der Waals surface area (Å²) in [5, 5.41) is 21.4. The van der Waals surface area contributed by atoms with Crippen LogP contribution in [0.2, 0.25) is 0 Å². The Morgan fingerprint density at radius 1 is 1.00 bits per heavy atom. The van der Waals surface area contributed by atoms with Crippen LogP contribution in [0.1, 0.15) is 25.7 Å². The molecule has 8 heteroatoms. The minimum absolute atomic E-state index is 0.649. The van der Waals surface area contributed by atoms with Crippen LogP contribution in [-0.4, -0.2) is 42.7 Å². The molecule has 2 N–H and O–H groups in total. The van der Waals surface area contributed by atoms with Crippen molar-refractivity contribution in [2.45, 2.75) is 48.0 Å². The number of hydrogen-bond donors (Lipinski definition) is 2. The van der Waals surface area contributed by atoms with Crippen molar-refractivity contribution in [1.29, 1.82) is 0 Å². The van der Waals surface area contributed by atoms with Gasteiger partial charge in [0.2, 0.25) is 0 Å². The van der Waals surface area contributed by atoms with Crippen LogP contribution in [0.4, 0.5) is 0 Å². The molecule has 3 aromatic heterocycles. The zero-order chi connectivity index (χ0) is 19.2. The Bertz CT molecular complexity index is 1130. The zero-order valence-corrected chi connectivity index (χ0v) is 17.3. The summed E-state index contributed by atoms with van der Waals surface area (Å²) in [4.78, 5) is 4.59. The minimum atomic E-state index is 0.649. The maximum absolute atomic E-state index is 4.59. The number of benzene rings is 1. The molecule has 29 heavy (non-hydrogen) atoms. The molecule has 0 aliphatic carbocycles. The Morgan fingerprint density at radius 2 is 1.86 bits per heavy atom. The maximum Gasteiger partial charge on any atom is 0.119 e. The van der Waals surface area contributed by atoms with E-state index in [1.54, 1.807) is 11.3 Å². The number of rotatable bonds is 4. The van der Waals surface area contributed by atoms with Crippen LogP contribution in [0, 0.1) is 0 Å². The largest absolute Gasteiger partial charge is 0.311 e. The van der Waals surface area contributed by atoms with E-state index in [1.165, 1.54) is 25.7 Å². The van der Waals surface area contributed by atoms with E-state index in [9.17, 15) is 0 Å². The molecule has 2 aliphatic rings. The van der Waals surface area contributed by atoms with Gasteiger partial charge >= 0.3 is 0 Å². The van der Waals surface area contributed by atoms with Gasteiger partial charge in [0.25, 0.3) is 0 Å². The molecule has 2 aliphatic heterocycles. The van der Waals surface area contributed by atoms with E-state index in [1.807, 2.05) is 29.7 Å². The number of nitrogens with one attached hydrogen (secondary N) is 2. The van der Waals surface area contributed by atoms with Gasteiger partial charge in [-0.1, -0.05) is 12.1 Å². The normalized spacial score (nSPS) is 23.7. The number of aromatic amines is 1. The van der Waals surface area contributed by atoms with Gasteiger partial charge in [0.15, 0.2) is 0 Å². The predicted molar refractivity (Wildman–Crippen MR) is 117 cm³/mol. The lowest BCUT2D eigenvalue weighted by Gasteiger charge is -2.28. The molecular weight excluding hydrogens is 400 g/mol. The average molecular weight is 421 g/mol. The molecule has 0 spiro atoms. The fraction of sp³-hybridized carbons (Fsp3) is 0.333. The molecule has 2 fully saturated rings. The van der Waals surface area contributed by atoms with Gasteiger partial charge < -0.3 is 5.32 Å². The van der Waals surface area contributed by atoms with Crippen LogP contribution in [-0.2, 0) is 0 Å². The molecule has 5 heterocycles. The third kappa shape index (κ3) is 3.25. The number of piperidine rings is 1. The molecule has 6 nitrogen and oxygen atoms in total.